The summed E-state index contributed by atoms with van der Waals surface area (Å²) in [5, 5.41) is 10.5. The van der Waals surface area contributed by atoms with Gasteiger partial charge >= 0.3 is 6.36 Å². The number of piperidine rings is 1. The van der Waals surface area contributed by atoms with Gasteiger partial charge in [0.15, 0.2) is 0 Å². The predicted molar refractivity (Wildman–Crippen MR) is 156 cm³/mol. The van der Waals surface area contributed by atoms with Crippen molar-refractivity contribution in [1.82, 2.24) is 9.21 Å². The van der Waals surface area contributed by atoms with Crippen molar-refractivity contribution in [3.05, 3.63) is 101 Å². The van der Waals surface area contributed by atoms with Gasteiger partial charge in [-0.05, 0) is 61.2 Å². The lowest BCUT2D eigenvalue weighted by Crippen LogP contribution is -2.45. The maximum Gasteiger partial charge on any atom is 0.573 e. The van der Waals surface area contributed by atoms with Crippen LogP contribution < -0.4 is 4.74 Å². The number of benzene rings is 2. The van der Waals surface area contributed by atoms with Crippen molar-refractivity contribution >= 4 is 33.4 Å². The van der Waals surface area contributed by atoms with Crippen molar-refractivity contribution in [2.45, 2.75) is 43.5 Å². The molecule has 2 aromatic carbocycles. The maximum absolute atomic E-state index is 13.5. The van der Waals surface area contributed by atoms with Gasteiger partial charge in [0.25, 0.3) is 10.0 Å². The van der Waals surface area contributed by atoms with E-state index in [2.05, 4.69) is 27.3 Å². The topological polar surface area (TPSA) is 86.0 Å². The Morgan fingerprint density at radius 1 is 1.19 bits per heavy atom. The van der Waals surface area contributed by atoms with Gasteiger partial charge in [-0.2, -0.15) is 5.26 Å². The van der Waals surface area contributed by atoms with E-state index in [-0.39, 0.29) is 5.70 Å². The van der Waals surface area contributed by atoms with E-state index >= 15 is 0 Å². The van der Waals surface area contributed by atoms with Gasteiger partial charge in [-0.25, -0.2) is 13.4 Å². The van der Waals surface area contributed by atoms with Crippen LogP contribution in [0.3, 0.4) is 0 Å². The maximum atomic E-state index is 13.5. The molecule has 12 heteroatoms. The zero-order valence-electron chi connectivity index (χ0n) is 22.7. The molecule has 0 amide bonds. The lowest BCUT2D eigenvalue weighted by molar-refractivity contribution is -0.275. The molecule has 2 heterocycles. The zero-order valence-corrected chi connectivity index (χ0v) is 24.3. The minimum atomic E-state index is -5.06. The van der Waals surface area contributed by atoms with Gasteiger partial charge in [-0.15, -0.1) is 13.2 Å². The van der Waals surface area contributed by atoms with Crippen molar-refractivity contribution in [1.29, 1.82) is 5.26 Å². The minimum absolute atomic E-state index is 0.255. The van der Waals surface area contributed by atoms with Gasteiger partial charge in [0.2, 0.25) is 0 Å². The number of ether oxygens (including phenoxy) is 1. The van der Waals surface area contributed by atoms with Gasteiger partial charge in [0, 0.05) is 54.3 Å². The molecule has 0 aromatic heterocycles. The zero-order chi connectivity index (χ0) is 30.5. The molecule has 0 aliphatic carbocycles. The molecule has 1 saturated heterocycles. The third kappa shape index (κ3) is 7.06. The number of hydrogen-bond donors (Lipinski definition) is 0. The van der Waals surface area contributed by atoms with Crippen molar-refractivity contribution in [3.8, 4) is 11.8 Å². The molecule has 220 valence electrons. The number of halogens is 4. The summed E-state index contributed by atoms with van der Waals surface area (Å²) >= 11 is 6.04. The van der Waals surface area contributed by atoms with Crippen molar-refractivity contribution < 1.29 is 26.3 Å². The van der Waals surface area contributed by atoms with Crippen LogP contribution in [0.2, 0.25) is 5.02 Å². The number of aliphatic imine (C=N–C) groups is 1. The quantitative estimate of drug-likeness (QED) is 0.316. The van der Waals surface area contributed by atoms with Crippen molar-refractivity contribution in [2.75, 3.05) is 13.1 Å². The second-order valence-electron chi connectivity index (χ2n) is 9.58. The molecule has 0 radical (unpaired) electrons. The summed E-state index contributed by atoms with van der Waals surface area (Å²) in [6.45, 7) is 6.41. The van der Waals surface area contributed by atoms with Crippen LogP contribution in [0.4, 0.5) is 13.2 Å². The summed E-state index contributed by atoms with van der Waals surface area (Å²) < 4.78 is 70.9. The predicted octanol–water partition coefficient (Wildman–Crippen LogP) is 7.08. The van der Waals surface area contributed by atoms with Crippen LogP contribution in [0.1, 0.15) is 31.7 Å². The monoisotopic (exact) mass is 616 g/mol. The first-order valence-corrected chi connectivity index (χ1v) is 14.8. The molecule has 0 unspecified atom stereocenters. The Labute approximate surface area is 248 Å². The molecule has 0 atom stereocenters. The van der Waals surface area contributed by atoms with Crippen LogP contribution in [0.15, 0.2) is 100 Å². The number of allylic oxidation sites excluding steroid dienone is 4. The standard InChI is InChI=1S/C30H28ClF3N4O3S/c1-3-38(42(39,40)29-9-5-4-8-28(29)41-30(32,33)34)24-14-17-37(18-15-24)27-7-6-16-36-26(20-35)25(27)19-21(2)22-10-12-23(31)13-11-22/h3-5,7-13,16,19,24H,1,6,14-15,17-18H2,2H3/b21-19+. The van der Waals surface area contributed by atoms with E-state index in [0.717, 1.165) is 39.5 Å². The lowest BCUT2D eigenvalue weighted by atomic mass is 9.98. The number of rotatable bonds is 8. The molecule has 4 rings (SSSR count). The smallest absolute Gasteiger partial charge is 0.404 e. The first kappa shape index (κ1) is 30.9. The van der Waals surface area contributed by atoms with E-state index in [9.17, 15) is 26.9 Å². The minimum Gasteiger partial charge on any atom is -0.404 e. The number of nitrogens with zero attached hydrogens (tertiary/aromatic N) is 4. The summed E-state index contributed by atoms with van der Waals surface area (Å²) in [6, 6.07) is 13.6. The second-order valence-corrected chi connectivity index (χ2v) is 11.8. The highest BCUT2D eigenvalue weighted by Crippen LogP contribution is 2.35. The molecule has 2 aliphatic heterocycles. The second kappa shape index (κ2) is 12.9. The highest BCUT2D eigenvalue weighted by atomic mass is 35.5. The molecule has 1 fully saturated rings. The summed E-state index contributed by atoms with van der Waals surface area (Å²) in [6.07, 6.45) is 2.83. The fraction of sp³-hybridized carbons (Fsp3) is 0.267. The largest absolute Gasteiger partial charge is 0.573 e. The highest BCUT2D eigenvalue weighted by molar-refractivity contribution is 7.89. The Morgan fingerprint density at radius 2 is 1.86 bits per heavy atom. The summed E-state index contributed by atoms with van der Waals surface area (Å²) in [5.74, 6) is -0.806. The third-order valence-electron chi connectivity index (χ3n) is 6.91. The van der Waals surface area contributed by atoms with E-state index in [1.165, 1.54) is 12.1 Å². The number of para-hydroxylation sites is 1. The Kier molecular flexibility index (Phi) is 9.49. The van der Waals surface area contributed by atoms with Gasteiger partial charge in [-0.1, -0.05) is 48.5 Å². The van der Waals surface area contributed by atoms with E-state index in [1.807, 2.05) is 31.2 Å². The number of sulfonamides is 1. The molecular formula is C30H28ClF3N4O3S. The molecule has 2 aromatic rings. The Morgan fingerprint density at radius 3 is 2.48 bits per heavy atom. The molecule has 7 nitrogen and oxygen atoms in total. The van der Waals surface area contributed by atoms with Gasteiger partial charge in [0.1, 0.15) is 22.4 Å². The van der Waals surface area contributed by atoms with E-state index in [4.69, 9.17) is 11.6 Å². The first-order chi connectivity index (χ1) is 19.9. The average Bonchev–Trinajstić information content (AvgIpc) is 3.15. The van der Waals surface area contributed by atoms with Gasteiger partial charge < -0.3 is 9.64 Å². The van der Waals surface area contributed by atoms with Crippen molar-refractivity contribution in [2.24, 2.45) is 4.99 Å². The Balaban J connectivity index is 1.58. The molecule has 0 bridgehead atoms. The fourth-order valence-corrected chi connectivity index (χ4v) is 6.71. The number of hydrogen-bond acceptors (Lipinski definition) is 6. The molecule has 0 spiro atoms. The molecular weight excluding hydrogens is 589 g/mol. The van der Waals surface area contributed by atoms with Crippen LogP contribution in [0, 0.1) is 11.3 Å². The van der Waals surface area contributed by atoms with Gasteiger partial charge in [-0.3, -0.25) is 4.31 Å². The van der Waals surface area contributed by atoms with E-state index < -0.39 is 33.1 Å². The summed E-state index contributed by atoms with van der Waals surface area (Å²) in [4.78, 5) is 5.81. The summed E-state index contributed by atoms with van der Waals surface area (Å²) in [5.41, 5.74) is 3.52. The Hall–Kier alpha value is -4.01. The number of nitriles is 1. The molecule has 2 aliphatic rings. The highest BCUT2D eigenvalue weighted by Gasteiger charge is 2.37. The lowest BCUT2D eigenvalue weighted by Gasteiger charge is -2.39. The van der Waals surface area contributed by atoms with Crippen LogP contribution >= 0.6 is 11.6 Å². The van der Waals surface area contributed by atoms with Crippen LogP contribution in [-0.2, 0) is 10.0 Å². The van der Waals surface area contributed by atoms with Crippen LogP contribution in [0.5, 0.6) is 5.75 Å². The Bertz CT molecular complexity index is 1600. The van der Waals surface area contributed by atoms with E-state index in [1.54, 1.807) is 18.3 Å². The molecule has 42 heavy (non-hydrogen) atoms. The summed E-state index contributed by atoms with van der Waals surface area (Å²) in [7, 11) is -4.41. The van der Waals surface area contributed by atoms with Crippen molar-refractivity contribution in [3.63, 3.8) is 0 Å². The SMILES string of the molecule is C=CN(C1CCN(C2=CCC=NC(C#N)=C2/C=C(\C)c2ccc(Cl)cc2)CC1)S(=O)(=O)c1ccccc1OC(F)(F)F. The van der Waals surface area contributed by atoms with Crippen LogP contribution in [0.25, 0.3) is 5.57 Å². The fourth-order valence-electron chi connectivity index (χ4n) is 4.94. The number of likely N-dealkylation sites (tertiary alicyclic amines) is 1. The van der Waals surface area contributed by atoms with E-state index in [0.29, 0.717) is 42.9 Å². The van der Waals surface area contributed by atoms with Crippen LogP contribution in [-0.4, -0.2) is 49.3 Å². The number of alkyl halides is 3. The third-order valence-corrected chi connectivity index (χ3v) is 9.06. The average molecular weight is 617 g/mol. The first-order valence-electron chi connectivity index (χ1n) is 13.0. The van der Waals surface area contributed by atoms with Gasteiger partial charge in [0.05, 0.1) is 0 Å². The molecule has 0 N–H and O–H groups in total. The molecule has 0 saturated carbocycles. The normalized spacial score (nSPS) is 16.9.